The Hall–Kier alpha value is -0.410. The van der Waals surface area contributed by atoms with Gasteiger partial charge in [0.25, 0.3) is 0 Å². The second-order valence-corrected chi connectivity index (χ2v) is 6.12. The number of ketones is 1. The van der Waals surface area contributed by atoms with Gasteiger partial charge in [-0.25, -0.2) is 0 Å². The molecule has 3 heteroatoms. The Morgan fingerprint density at radius 3 is 2.59 bits per heavy atom. The lowest BCUT2D eigenvalue weighted by Gasteiger charge is -2.38. The van der Waals surface area contributed by atoms with Crippen LogP contribution in [0.4, 0.5) is 0 Å². The van der Waals surface area contributed by atoms with Gasteiger partial charge in [-0.2, -0.15) is 0 Å². The van der Waals surface area contributed by atoms with E-state index in [-0.39, 0.29) is 5.41 Å². The Morgan fingerprint density at radius 2 is 2.06 bits per heavy atom. The Morgan fingerprint density at radius 1 is 1.41 bits per heavy atom. The van der Waals surface area contributed by atoms with Gasteiger partial charge in [0.15, 0.2) is 0 Å². The molecule has 0 bridgehead atoms. The van der Waals surface area contributed by atoms with E-state index >= 15 is 0 Å². The lowest BCUT2D eigenvalue weighted by Crippen LogP contribution is -2.49. The molecule has 0 aromatic carbocycles. The lowest BCUT2D eigenvalue weighted by molar-refractivity contribution is -0.127. The second-order valence-electron chi connectivity index (χ2n) is 6.12. The summed E-state index contributed by atoms with van der Waals surface area (Å²) in [6, 6.07) is 0.485. The fourth-order valence-electron chi connectivity index (χ4n) is 2.18. The van der Waals surface area contributed by atoms with Crippen LogP contribution in [0.5, 0.6) is 0 Å². The minimum atomic E-state index is -0.209. The van der Waals surface area contributed by atoms with Crippen molar-refractivity contribution in [1.82, 2.24) is 4.90 Å². The van der Waals surface area contributed by atoms with Gasteiger partial charge in [0.2, 0.25) is 0 Å². The van der Waals surface area contributed by atoms with Gasteiger partial charge in [-0.15, -0.1) is 0 Å². The number of ether oxygens (including phenoxy) is 1. The maximum Gasteiger partial charge on any atom is 0.139 e. The smallest absolute Gasteiger partial charge is 0.139 e. The van der Waals surface area contributed by atoms with Crippen LogP contribution in [0.25, 0.3) is 0 Å². The molecule has 1 rings (SSSR count). The zero-order valence-corrected chi connectivity index (χ0v) is 12.0. The third-order valence-electron chi connectivity index (χ3n) is 3.51. The molecule has 0 spiro atoms. The summed E-state index contributed by atoms with van der Waals surface area (Å²) in [6.45, 7) is 12.9. The Bertz CT molecular complexity index is 257. The van der Waals surface area contributed by atoms with Crippen molar-refractivity contribution in [3.8, 4) is 0 Å². The predicted octanol–water partition coefficient (Wildman–Crippen LogP) is 2.49. The van der Waals surface area contributed by atoms with Crippen molar-refractivity contribution < 1.29 is 9.53 Å². The second kappa shape index (κ2) is 5.96. The molecule has 0 amide bonds. The van der Waals surface area contributed by atoms with Crippen molar-refractivity contribution in [3.05, 3.63) is 0 Å². The molecule has 100 valence electrons. The number of rotatable bonds is 4. The normalized spacial score (nSPS) is 27.1. The van der Waals surface area contributed by atoms with Crippen LogP contribution in [-0.2, 0) is 9.53 Å². The van der Waals surface area contributed by atoms with Gasteiger partial charge in [0, 0.05) is 31.0 Å². The molecule has 0 radical (unpaired) electrons. The van der Waals surface area contributed by atoms with Crippen LogP contribution >= 0.6 is 0 Å². The molecule has 1 fully saturated rings. The lowest BCUT2D eigenvalue weighted by atomic mass is 9.89. The Balaban J connectivity index is 2.45. The molecule has 3 nitrogen and oxygen atoms in total. The van der Waals surface area contributed by atoms with E-state index in [1.807, 2.05) is 20.8 Å². The molecule has 0 aromatic heterocycles. The monoisotopic (exact) mass is 241 g/mol. The van der Waals surface area contributed by atoms with Gasteiger partial charge < -0.3 is 4.74 Å². The van der Waals surface area contributed by atoms with E-state index in [1.165, 1.54) is 0 Å². The maximum absolute atomic E-state index is 11.9. The highest BCUT2D eigenvalue weighted by atomic mass is 16.5. The molecule has 1 aliphatic rings. The highest BCUT2D eigenvalue weighted by molar-refractivity contribution is 5.83. The Labute approximate surface area is 106 Å². The van der Waals surface area contributed by atoms with Crippen LogP contribution in [0, 0.1) is 5.41 Å². The quantitative estimate of drug-likeness (QED) is 0.757. The summed E-state index contributed by atoms with van der Waals surface area (Å²) < 4.78 is 5.66. The van der Waals surface area contributed by atoms with Crippen molar-refractivity contribution in [2.75, 3.05) is 19.7 Å². The van der Waals surface area contributed by atoms with E-state index in [1.54, 1.807) is 0 Å². The van der Waals surface area contributed by atoms with Crippen molar-refractivity contribution in [2.45, 2.75) is 59.6 Å². The van der Waals surface area contributed by atoms with Crippen molar-refractivity contribution in [2.24, 2.45) is 5.41 Å². The van der Waals surface area contributed by atoms with Crippen molar-refractivity contribution >= 4 is 5.78 Å². The molecule has 1 heterocycles. The highest BCUT2D eigenvalue weighted by Crippen LogP contribution is 2.19. The van der Waals surface area contributed by atoms with Gasteiger partial charge in [-0.3, -0.25) is 9.69 Å². The number of hydrogen-bond donors (Lipinski definition) is 0. The number of nitrogens with zero attached hydrogens (tertiary/aromatic N) is 1. The molecule has 0 N–H and O–H groups in total. The molecule has 2 atom stereocenters. The van der Waals surface area contributed by atoms with Crippen LogP contribution in [0.2, 0.25) is 0 Å². The van der Waals surface area contributed by atoms with Crippen molar-refractivity contribution in [3.63, 3.8) is 0 Å². The molecule has 17 heavy (non-hydrogen) atoms. The molecule has 0 aliphatic carbocycles. The van der Waals surface area contributed by atoms with E-state index in [0.717, 1.165) is 26.1 Å². The summed E-state index contributed by atoms with van der Waals surface area (Å²) in [5, 5.41) is 0. The van der Waals surface area contributed by atoms with E-state index in [4.69, 9.17) is 4.74 Å². The molecular weight excluding hydrogens is 214 g/mol. The summed E-state index contributed by atoms with van der Waals surface area (Å²) in [5.74, 6) is 0.353. The third-order valence-corrected chi connectivity index (χ3v) is 3.51. The first-order valence-electron chi connectivity index (χ1n) is 6.73. The minimum absolute atomic E-state index is 0.209. The summed E-state index contributed by atoms with van der Waals surface area (Å²) in [5.41, 5.74) is -0.209. The zero-order valence-electron chi connectivity index (χ0n) is 12.0. The van der Waals surface area contributed by atoms with E-state index in [9.17, 15) is 4.79 Å². The number of Topliss-reactive ketones (excluding diaryl/α,β-unsaturated/α-hetero) is 1. The van der Waals surface area contributed by atoms with E-state index in [2.05, 4.69) is 18.7 Å². The van der Waals surface area contributed by atoms with Gasteiger partial charge >= 0.3 is 0 Å². The number of carbonyl (C=O) groups excluding carboxylic acids is 1. The Kier molecular flexibility index (Phi) is 5.14. The van der Waals surface area contributed by atoms with Crippen LogP contribution in [0.1, 0.15) is 47.5 Å². The van der Waals surface area contributed by atoms with Crippen LogP contribution in [0.3, 0.4) is 0 Å². The first-order valence-corrected chi connectivity index (χ1v) is 6.73. The van der Waals surface area contributed by atoms with E-state index < -0.39 is 0 Å². The summed E-state index contributed by atoms with van der Waals surface area (Å²) in [6.07, 6.45) is 2.05. The predicted molar refractivity (Wildman–Crippen MR) is 70.1 cm³/mol. The largest absolute Gasteiger partial charge is 0.376 e. The summed E-state index contributed by atoms with van der Waals surface area (Å²) in [7, 11) is 0. The highest BCUT2D eigenvalue weighted by Gasteiger charge is 2.27. The topological polar surface area (TPSA) is 29.5 Å². The molecule has 0 aromatic rings. The minimum Gasteiger partial charge on any atom is -0.376 e. The van der Waals surface area contributed by atoms with Gasteiger partial charge in [-0.1, -0.05) is 27.7 Å². The van der Waals surface area contributed by atoms with Crippen LogP contribution in [-0.4, -0.2) is 42.5 Å². The number of morpholine rings is 1. The summed E-state index contributed by atoms with van der Waals surface area (Å²) in [4.78, 5) is 14.3. The molecule has 1 aliphatic heterocycles. The van der Waals surface area contributed by atoms with E-state index in [0.29, 0.717) is 24.3 Å². The SMILES string of the molecule is CCC1COC(C)CN1CCC(=O)C(C)(C)C. The summed E-state index contributed by atoms with van der Waals surface area (Å²) >= 11 is 0. The maximum atomic E-state index is 11.9. The first kappa shape index (κ1) is 14.7. The number of hydrogen-bond acceptors (Lipinski definition) is 3. The fraction of sp³-hybridized carbons (Fsp3) is 0.929. The molecule has 1 saturated heterocycles. The average Bonchev–Trinajstić information content (AvgIpc) is 2.24. The standard InChI is InChI=1S/C14H27NO2/c1-6-12-10-17-11(2)9-15(12)8-7-13(16)14(3,4)5/h11-12H,6-10H2,1-5H3. The molecule has 2 unspecified atom stereocenters. The third kappa shape index (κ3) is 4.40. The average molecular weight is 241 g/mol. The van der Waals surface area contributed by atoms with Crippen molar-refractivity contribution in [1.29, 1.82) is 0 Å². The van der Waals surface area contributed by atoms with Gasteiger partial charge in [0.1, 0.15) is 5.78 Å². The first-order chi connectivity index (χ1) is 7.84. The van der Waals surface area contributed by atoms with Gasteiger partial charge in [0.05, 0.1) is 12.7 Å². The molecule has 0 saturated carbocycles. The molecular formula is C14H27NO2. The fourth-order valence-corrected chi connectivity index (χ4v) is 2.18. The number of carbonyl (C=O) groups is 1. The van der Waals surface area contributed by atoms with Crippen LogP contribution < -0.4 is 0 Å². The van der Waals surface area contributed by atoms with Gasteiger partial charge in [-0.05, 0) is 13.3 Å². The van der Waals surface area contributed by atoms with Crippen LogP contribution in [0.15, 0.2) is 0 Å². The zero-order chi connectivity index (χ0) is 13.1.